The fraction of sp³-hybridized carbons (Fsp3) is 0.529. The number of carbonyl (C=O) groups is 2. The molecule has 0 aliphatic carbocycles. The zero-order valence-corrected chi connectivity index (χ0v) is 14.3. The summed E-state index contributed by atoms with van der Waals surface area (Å²) >= 11 is 0. The van der Waals surface area contributed by atoms with Crippen LogP contribution >= 0.6 is 12.4 Å². The van der Waals surface area contributed by atoms with Crippen LogP contribution in [-0.4, -0.2) is 54.3 Å². The monoisotopic (exact) mass is 337 g/mol. The second-order valence-electron chi connectivity index (χ2n) is 6.24. The summed E-state index contributed by atoms with van der Waals surface area (Å²) in [5, 5.41) is 3.24. The fourth-order valence-corrected chi connectivity index (χ4v) is 3.15. The Bertz CT molecular complexity index is 555. The topological polar surface area (TPSA) is 52.7 Å². The van der Waals surface area contributed by atoms with Gasteiger partial charge in [0.05, 0.1) is 5.92 Å². The van der Waals surface area contributed by atoms with E-state index in [1.54, 1.807) is 0 Å². The second kappa shape index (κ2) is 7.79. The largest absolute Gasteiger partial charge is 0.340 e. The van der Waals surface area contributed by atoms with Gasteiger partial charge in [-0.3, -0.25) is 9.59 Å². The number of hydrogen-bond donors (Lipinski definition) is 1. The maximum atomic E-state index is 12.5. The van der Waals surface area contributed by atoms with Crippen molar-refractivity contribution in [2.75, 3.05) is 32.7 Å². The predicted octanol–water partition coefficient (Wildman–Crippen LogP) is 1.20. The third-order valence-corrected chi connectivity index (χ3v) is 4.49. The molecule has 1 aromatic rings. The van der Waals surface area contributed by atoms with Crippen LogP contribution in [0.15, 0.2) is 24.3 Å². The average molecular weight is 338 g/mol. The van der Waals surface area contributed by atoms with Gasteiger partial charge in [0.15, 0.2) is 0 Å². The molecule has 2 aliphatic heterocycles. The van der Waals surface area contributed by atoms with Gasteiger partial charge in [0, 0.05) is 45.7 Å². The highest BCUT2D eigenvalue weighted by Gasteiger charge is 2.36. The van der Waals surface area contributed by atoms with Crippen molar-refractivity contribution in [2.24, 2.45) is 5.92 Å². The first-order chi connectivity index (χ1) is 10.6. The minimum absolute atomic E-state index is 0. The molecule has 0 radical (unpaired) electrons. The molecule has 0 aromatic heterocycles. The minimum atomic E-state index is -0.170. The van der Waals surface area contributed by atoms with Crippen LogP contribution in [0.4, 0.5) is 0 Å². The number of halogens is 1. The van der Waals surface area contributed by atoms with Gasteiger partial charge in [0.25, 0.3) is 0 Å². The lowest BCUT2D eigenvalue weighted by atomic mass is 10.1. The number of nitrogens with zero attached hydrogens (tertiary/aromatic N) is 2. The van der Waals surface area contributed by atoms with Crippen molar-refractivity contribution >= 4 is 24.2 Å². The number of benzene rings is 1. The van der Waals surface area contributed by atoms with E-state index >= 15 is 0 Å². The Hall–Kier alpha value is -1.59. The number of aryl methyl sites for hydroxylation is 1. The molecule has 1 N–H and O–H groups in total. The van der Waals surface area contributed by atoms with Gasteiger partial charge in [0.2, 0.25) is 11.8 Å². The highest BCUT2D eigenvalue weighted by Crippen LogP contribution is 2.22. The van der Waals surface area contributed by atoms with E-state index in [2.05, 4.69) is 17.4 Å². The van der Waals surface area contributed by atoms with E-state index in [0.717, 1.165) is 31.7 Å². The molecule has 2 aliphatic rings. The summed E-state index contributed by atoms with van der Waals surface area (Å²) in [5.74, 6) is 0.0614. The smallest absolute Gasteiger partial charge is 0.228 e. The van der Waals surface area contributed by atoms with Crippen molar-refractivity contribution < 1.29 is 9.59 Å². The summed E-state index contributed by atoms with van der Waals surface area (Å²) in [5.41, 5.74) is 2.33. The molecule has 1 unspecified atom stereocenters. The zero-order valence-electron chi connectivity index (χ0n) is 13.5. The van der Waals surface area contributed by atoms with E-state index in [9.17, 15) is 9.59 Å². The van der Waals surface area contributed by atoms with Gasteiger partial charge < -0.3 is 15.1 Å². The maximum absolute atomic E-state index is 12.5. The van der Waals surface area contributed by atoms with Gasteiger partial charge in [-0.25, -0.2) is 0 Å². The molecule has 5 nitrogen and oxygen atoms in total. The van der Waals surface area contributed by atoms with Gasteiger partial charge >= 0.3 is 0 Å². The zero-order chi connectivity index (χ0) is 15.5. The summed E-state index contributed by atoms with van der Waals surface area (Å²) < 4.78 is 0. The van der Waals surface area contributed by atoms with Crippen LogP contribution in [-0.2, 0) is 16.1 Å². The van der Waals surface area contributed by atoms with E-state index in [1.807, 2.05) is 28.9 Å². The quantitative estimate of drug-likeness (QED) is 0.901. The third kappa shape index (κ3) is 4.24. The SMILES string of the molecule is Cc1ccc(CN2CC(C(=O)N3CCNCC3)CC2=O)cc1.Cl. The summed E-state index contributed by atoms with van der Waals surface area (Å²) in [6.45, 7) is 6.40. The Balaban J connectivity index is 0.00000192. The standard InChI is InChI=1S/C17H23N3O2.ClH/c1-13-2-4-14(5-3-13)11-20-12-15(10-16(20)21)17(22)19-8-6-18-7-9-19;/h2-5,15,18H,6-12H2,1H3;1H. The Morgan fingerprint density at radius 3 is 2.52 bits per heavy atom. The number of rotatable bonds is 3. The molecule has 2 saturated heterocycles. The van der Waals surface area contributed by atoms with Crippen LogP contribution in [0, 0.1) is 12.8 Å². The second-order valence-corrected chi connectivity index (χ2v) is 6.24. The van der Waals surface area contributed by atoms with Gasteiger partial charge in [-0.15, -0.1) is 12.4 Å². The molecule has 1 atom stereocenters. The Morgan fingerprint density at radius 2 is 1.87 bits per heavy atom. The first-order valence-electron chi connectivity index (χ1n) is 7.96. The first-order valence-corrected chi connectivity index (χ1v) is 7.96. The Labute approximate surface area is 143 Å². The van der Waals surface area contributed by atoms with E-state index in [-0.39, 0.29) is 30.1 Å². The summed E-state index contributed by atoms with van der Waals surface area (Å²) in [6.07, 6.45) is 0.356. The molecular weight excluding hydrogens is 314 g/mol. The minimum Gasteiger partial charge on any atom is -0.340 e. The van der Waals surface area contributed by atoms with E-state index in [0.29, 0.717) is 19.5 Å². The van der Waals surface area contributed by atoms with Gasteiger partial charge in [-0.1, -0.05) is 29.8 Å². The van der Waals surface area contributed by atoms with Crippen LogP contribution in [0.2, 0.25) is 0 Å². The normalized spacial score (nSPS) is 21.3. The Kier molecular flexibility index (Phi) is 6.02. The molecule has 0 spiro atoms. The summed E-state index contributed by atoms with van der Waals surface area (Å²) in [4.78, 5) is 28.4. The lowest BCUT2D eigenvalue weighted by Gasteiger charge is -2.29. The van der Waals surface area contributed by atoms with Crippen molar-refractivity contribution in [1.29, 1.82) is 0 Å². The predicted molar refractivity (Wildman–Crippen MR) is 91.4 cm³/mol. The van der Waals surface area contributed by atoms with E-state index in [1.165, 1.54) is 5.56 Å². The lowest BCUT2D eigenvalue weighted by molar-refractivity contribution is -0.136. The van der Waals surface area contributed by atoms with Crippen LogP contribution < -0.4 is 5.32 Å². The van der Waals surface area contributed by atoms with E-state index in [4.69, 9.17) is 0 Å². The van der Waals surface area contributed by atoms with Crippen molar-refractivity contribution in [3.63, 3.8) is 0 Å². The highest BCUT2D eigenvalue weighted by molar-refractivity contribution is 5.89. The van der Waals surface area contributed by atoms with E-state index < -0.39 is 0 Å². The summed E-state index contributed by atoms with van der Waals surface area (Å²) in [7, 11) is 0. The molecule has 1 aromatic carbocycles. The third-order valence-electron chi connectivity index (χ3n) is 4.49. The molecule has 126 valence electrons. The number of likely N-dealkylation sites (tertiary alicyclic amines) is 1. The van der Waals surface area contributed by atoms with Crippen LogP contribution in [0.3, 0.4) is 0 Å². The van der Waals surface area contributed by atoms with Crippen molar-refractivity contribution in [1.82, 2.24) is 15.1 Å². The number of carbonyl (C=O) groups excluding carboxylic acids is 2. The number of hydrogen-bond acceptors (Lipinski definition) is 3. The highest BCUT2D eigenvalue weighted by atomic mass is 35.5. The van der Waals surface area contributed by atoms with Crippen LogP contribution in [0.5, 0.6) is 0 Å². The molecule has 6 heteroatoms. The van der Waals surface area contributed by atoms with Gasteiger partial charge in [-0.05, 0) is 12.5 Å². The van der Waals surface area contributed by atoms with Crippen molar-refractivity contribution in [2.45, 2.75) is 19.9 Å². The molecule has 2 heterocycles. The first kappa shape index (κ1) is 17.8. The lowest BCUT2D eigenvalue weighted by Crippen LogP contribution is -2.48. The molecular formula is C17H24ClN3O2. The molecule has 2 amide bonds. The van der Waals surface area contributed by atoms with Crippen molar-refractivity contribution in [3.8, 4) is 0 Å². The molecule has 0 bridgehead atoms. The molecule has 23 heavy (non-hydrogen) atoms. The van der Waals surface area contributed by atoms with Crippen LogP contribution in [0.25, 0.3) is 0 Å². The molecule has 3 rings (SSSR count). The Morgan fingerprint density at radius 1 is 1.22 bits per heavy atom. The van der Waals surface area contributed by atoms with Crippen LogP contribution in [0.1, 0.15) is 17.5 Å². The molecule has 0 saturated carbocycles. The fourth-order valence-electron chi connectivity index (χ4n) is 3.15. The summed E-state index contributed by atoms with van der Waals surface area (Å²) in [6, 6.07) is 8.21. The number of piperazine rings is 1. The van der Waals surface area contributed by atoms with Gasteiger partial charge in [0.1, 0.15) is 0 Å². The maximum Gasteiger partial charge on any atom is 0.228 e. The molecule has 2 fully saturated rings. The van der Waals surface area contributed by atoms with Gasteiger partial charge in [-0.2, -0.15) is 0 Å². The average Bonchev–Trinajstić information content (AvgIpc) is 2.91. The number of amides is 2. The van der Waals surface area contributed by atoms with Crippen molar-refractivity contribution in [3.05, 3.63) is 35.4 Å². The number of nitrogens with one attached hydrogen (secondary N) is 1.